The zero-order valence-corrected chi connectivity index (χ0v) is 24.4. The fourth-order valence-electron chi connectivity index (χ4n) is 5.96. The third-order valence-electron chi connectivity index (χ3n) is 8.21. The van der Waals surface area contributed by atoms with E-state index in [1.54, 1.807) is 4.90 Å². The quantitative estimate of drug-likeness (QED) is 0.453. The number of piperidine rings is 1. The van der Waals surface area contributed by atoms with Crippen LogP contribution in [0.3, 0.4) is 0 Å². The molecule has 1 fully saturated rings. The number of hydrogen-bond donors (Lipinski definition) is 1. The van der Waals surface area contributed by atoms with Gasteiger partial charge in [0.15, 0.2) is 0 Å². The molecule has 2 aliphatic rings. The average molecular weight is 564 g/mol. The molecule has 9 heteroatoms. The van der Waals surface area contributed by atoms with Crippen LogP contribution in [-0.2, 0) is 19.1 Å². The van der Waals surface area contributed by atoms with Crippen molar-refractivity contribution in [2.75, 3.05) is 33.8 Å². The predicted molar refractivity (Wildman–Crippen MR) is 155 cm³/mol. The molecule has 2 aromatic carbocycles. The van der Waals surface area contributed by atoms with Gasteiger partial charge in [-0.25, -0.2) is 4.79 Å². The zero-order valence-electron chi connectivity index (χ0n) is 24.4. The average Bonchev–Trinajstić information content (AvgIpc) is 3.29. The number of fused-ring (bicyclic) bond motifs is 3. The maximum atomic E-state index is 13.8. The third kappa shape index (κ3) is 6.72. The van der Waals surface area contributed by atoms with E-state index in [2.05, 4.69) is 12.1 Å². The number of ether oxygens (including phenoxy) is 1. The molecule has 2 aromatic rings. The van der Waals surface area contributed by atoms with Gasteiger partial charge in [-0.15, -0.1) is 0 Å². The molecule has 41 heavy (non-hydrogen) atoms. The maximum absolute atomic E-state index is 13.8. The highest BCUT2D eigenvalue weighted by atomic mass is 16.6. The molecule has 0 unspecified atom stereocenters. The molecule has 1 N–H and O–H groups in total. The summed E-state index contributed by atoms with van der Waals surface area (Å²) in [6.45, 7) is 5.10. The molecule has 0 radical (unpaired) electrons. The number of carboxylic acids is 1. The Morgan fingerprint density at radius 1 is 0.878 bits per heavy atom. The van der Waals surface area contributed by atoms with E-state index < -0.39 is 36.5 Å². The van der Waals surface area contributed by atoms with Crippen molar-refractivity contribution in [1.82, 2.24) is 14.7 Å². The number of aliphatic carboxylic acids is 1. The Morgan fingerprint density at radius 3 is 1.98 bits per heavy atom. The second-order valence-corrected chi connectivity index (χ2v) is 11.5. The minimum absolute atomic E-state index is 0.0527. The zero-order chi connectivity index (χ0) is 29.7. The van der Waals surface area contributed by atoms with Crippen molar-refractivity contribution in [3.63, 3.8) is 0 Å². The Bertz CT molecular complexity index is 1230. The Morgan fingerprint density at radius 2 is 1.44 bits per heavy atom. The molecule has 1 aliphatic heterocycles. The van der Waals surface area contributed by atoms with Gasteiger partial charge in [-0.3, -0.25) is 19.3 Å². The van der Waals surface area contributed by atoms with Crippen molar-refractivity contribution in [1.29, 1.82) is 0 Å². The first kappa shape index (κ1) is 30.1. The standard InChI is InChI=1S/C32H41N3O6/c1-21(2)18-27(30(38)33(3)28(19-29(36)37)31(39)35-16-10-5-11-17-35)34(4)32(40)41-20-26-24-14-8-6-12-22(24)23-13-7-9-15-25(23)26/h6-9,12-15,21,26-28H,5,10-11,16-20H2,1-4H3,(H,36,37)/t27-,28-/m0/s1. The van der Waals surface area contributed by atoms with E-state index in [1.165, 1.54) is 23.9 Å². The molecule has 0 spiro atoms. The number of nitrogens with zero attached hydrogens (tertiary/aromatic N) is 3. The summed E-state index contributed by atoms with van der Waals surface area (Å²) < 4.78 is 5.81. The second kappa shape index (κ2) is 13.2. The van der Waals surface area contributed by atoms with Gasteiger partial charge in [0.1, 0.15) is 18.7 Å². The van der Waals surface area contributed by atoms with Crippen LogP contribution in [0, 0.1) is 5.92 Å². The number of rotatable bonds is 10. The van der Waals surface area contributed by atoms with Crippen molar-refractivity contribution in [2.45, 2.75) is 64.0 Å². The maximum Gasteiger partial charge on any atom is 0.410 e. The highest BCUT2D eigenvalue weighted by Gasteiger charge is 2.39. The van der Waals surface area contributed by atoms with E-state index in [1.807, 2.05) is 50.2 Å². The molecular weight excluding hydrogens is 522 g/mol. The topological polar surface area (TPSA) is 107 Å². The number of carbonyl (C=O) groups excluding carboxylic acids is 3. The minimum atomic E-state index is -1.16. The molecular formula is C32H41N3O6. The van der Waals surface area contributed by atoms with Gasteiger partial charge in [0.25, 0.3) is 0 Å². The second-order valence-electron chi connectivity index (χ2n) is 11.5. The van der Waals surface area contributed by atoms with Crippen molar-refractivity contribution in [3.05, 3.63) is 59.7 Å². The fraction of sp³-hybridized carbons (Fsp3) is 0.500. The van der Waals surface area contributed by atoms with Gasteiger partial charge in [0.05, 0.1) is 6.42 Å². The van der Waals surface area contributed by atoms with Crippen molar-refractivity contribution < 1.29 is 29.0 Å². The molecule has 1 saturated heterocycles. The summed E-state index contributed by atoms with van der Waals surface area (Å²) in [6, 6.07) is 14.1. The Hall–Kier alpha value is -3.88. The molecule has 0 saturated carbocycles. The number of carbonyl (C=O) groups is 4. The third-order valence-corrected chi connectivity index (χ3v) is 8.21. The largest absolute Gasteiger partial charge is 0.481 e. The lowest BCUT2D eigenvalue weighted by atomic mass is 9.98. The van der Waals surface area contributed by atoms with Gasteiger partial charge in [0.2, 0.25) is 11.8 Å². The van der Waals surface area contributed by atoms with Crippen LogP contribution >= 0.6 is 0 Å². The number of amides is 3. The molecule has 220 valence electrons. The summed E-state index contributed by atoms with van der Waals surface area (Å²) >= 11 is 0. The van der Waals surface area contributed by atoms with Gasteiger partial charge in [-0.1, -0.05) is 62.4 Å². The molecule has 3 amide bonds. The number of likely N-dealkylation sites (tertiary alicyclic amines) is 1. The van der Waals surface area contributed by atoms with Crippen LogP contribution in [0.5, 0.6) is 0 Å². The van der Waals surface area contributed by atoms with Crippen LogP contribution < -0.4 is 0 Å². The van der Waals surface area contributed by atoms with Gasteiger partial charge < -0.3 is 19.6 Å². The minimum Gasteiger partial charge on any atom is -0.481 e. The number of benzene rings is 2. The fourth-order valence-corrected chi connectivity index (χ4v) is 5.96. The van der Waals surface area contributed by atoms with Crippen molar-refractivity contribution >= 4 is 23.9 Å². The lowest BCUT2D eigenvalue weighted by Gasteiger charge is -2.37. The van der Waals surface area contributed by atoms with Crippen LogP contribution in [0.2, 0.25) is 0 Å². The highest BCUT2D eigenvalue weighted by molar-refractivity contribution is 5.93. The van der Waals surface area contributed by atoms with Crippen molar-refractivity contribution in [3.8, 4) is 11.1 Å². The lowest BCUT2D eigenvalue weighted by Crippen LogP contribution is -2.56. The SMILES string of the molecule is CC(C)C[C@@H](C(=O)N(C)[C@@H](CC(=O)O)C(=O)N1CCCCC1)N(C)C(=O)OCC1c2ccccc2-c2ccccc21. The summed E-state index contributed by atoms with van der Waals surface area (Å²) in [7, 11) is 2.98. The molecule has 1 heterocycles. The Kier molecular flexibility index (Phi) is 9.68. The predicted octanol–water partition coefficient (Wildman–Crippen LogP) is 4.60. The van der Waals surface area contributed by atoms with E-state index in [-0.39, 0.29) is 24.3 Å². The van der Waals surface area contributed by atoms with E-state index in [0.29, 0.717) is 19.5 Å². The molecule has 0 bridgehead atoms. The molecule has 2 atom stereocenters. The van der Waals surface area contributed by atoms with E-state index in [0.717, 1.165) is 41.5 Å². The van der Waals surface area contributed by atoms with E-state index >= 15 is 0 Å². The number of likely N-dealkylation sites (N-methyl/N-ethyl adjacent to an activating group) is 2. The lowest BCUT2D eigenvalue weighted by molar-refractivity contribution is -0.152. The summed E-state index contributed by atoms with van der Waals surface area (Å²) in [5, 5.41) is 9.56. The monoisotopic (exact) mass is 563 g/mol. The summed E-state index contributed by atoms with van der Waals surface area (Å²) in [5.41, 5.74) is 4.42. The van der Waals surface area contributed by atoms with Crippen LogP contribution in [-0.4, -0.2) is 89.6 Å². The van der Waals surface area contributed by atoms with Crippen LogP contribution in [0.4, 0.5) is 4.79 Å². The van der Waals surface area contributed by atoms with E-state index in [9.17, 15) is 24.3 Å². The number of hydrogen-bond acceptors (Lipinski definition) is 5. The van der Waals surface area contributed by atoms with Gasteiger partial charge in [0, 0.05) is 33.1 Å². The first-order valence-electron chi connectivity index (χ1n) is 14.4. The Balaban J connectivity index is 1.50. The first-order chi connectivity index (χ1) is 19.6. The molecule has 0 aromatic heterocycles. The Labute approximate surface area is 242 Å². The highest BCUT2D eigenvalue weighted by Crippen LogP contribution is 2.44. The molecule has 1 aliphatic carbocycles. The number of carboxylic acid groups (broad SMARTS) is 1. The van der Waals surface area contributed by atoms with Gasteiger partial charge in [-0.2, -0.15) is 0 Å². The van der Waals surface area contributed by atoms with E-state index in [4.69, 9.17) is 4.74 Å². The summed E-state index contributed by atoms with van der Waals surface area (Å²) in [6.07, 6.45) is 1.91. The van der Waals surface area contributed by atoms with Crippen LogP contribution in [0.15, 0.2) is 48.5 Å². The molecule has 9 nitrogen and oxygen atoms in total. The van der Waals surface area contributed by atoms with Crippen LogP contribution in [0.1, 0.15) is 63.0 Å². The van der Waals surface area contributed by atoms with Crippen molar-refractivity contribution in [2.24, 2.45) is 5.92 Å². The van der Waals surface area contributed by atoms with Gasteiger partial charge >= 0.3 is 12.1 Å². The first-order valence-corrected chi connectivity index (χ1v) is 14.4. The van der Waals surface area contributed by atoms with Crippen LogP contribution in [0.25, 0.3) is 11.1 Å². The normalized spacial score (nSPS) is 16.0. The van der Waals surface area contributed by atoms with Gasteiger partial charge in [-0.05, 0) is 53.9 Å². The molecule has 4 rings (SSSR count). The summed E-state index contributed by atoms with van der Waals surface area (Å²) in [5.74, 6) is -2.08. The smallest absolute Gasteiger partial charge is 0.410 e. The summed E-state index contributed by atoms with van der Waals surface area (Å²) in [4.78, 5) is 56.4.